The third-order valence-corrected chi connectivity index (χ3v) is 2.55. The predicted octanol–water partition coefficient (Wildman–Crippen LogP) is 2.27. The molecule has 1 fully saturated rings. The molecule has 15 heavy (non-hydrogen) atoms. The van der Waals surface area contributed by atoms with E-state index in [-0.39, 0.29) is 23.4 Å². The van der Waals surface area contributed by atoms with Gasteiger partial charge in [0.25, 0.3) is 0 Å². The average molecular weight is 206 g/mol. The van der Waals surface area contributed by atoms with Crippen LogP contribution in [0.25, 0.3) is 0 Å². The summed E-state index contributed by atoms with van der Waals surface area (Å²) in [4.78, 5) is 11.4. The number of phenolic OH excluding ortho intramolecular Hbond substituents is 1. The number of benzene rings is 1. The molecule has 0 heterocycles. The van der Waals surface area contributed by atoms with Crippen molar-refractivity contribution < 1.29 is 14.6 Å². The molecule has 0 saturated heterocycles. The van der Waals surface area contributed by atoms with E-state index in [9.17, 15) is 9.90 Å². The van der Waals surface area contributed by atoms with Gasteiger partial charge in [0.05, 0.1) is 5.92 Å². The molecular weight excluding hydrogens is 192 g/mol. The third-order valence-electron chi connectivity index (χ3n) is 2.55. The summed E-state index contributed by atoms with van der Waals surface area (Å²) >= 11 is 0. The van der Waals surface area contributed by atoms with Crippen molar-refractivity contribution in [3.63, 3.8) is 0 Å². The minimum Gasteiger partial charge on any atom is -0.504 e. The van der Waals surface area contributed by atoms with Crippen molar-refractivity contribution in [3.05, 3.63) is 23.8 Å². The zero-order chi connectivity index (χ0) is 10.8. The van der Waals surface area contributed by atoms with Crippen LogP contribution in [0.15, 0.2) is 18.2 Å². The summed E-state index contributed by atoms with van der Waals surface area (Å²) in [5, 5.41) is 9.50. The van der Waals surface area contributed by atoms with E-state index in [1.807, 2.05) is 13.0 Å². The number of hydrogen-bond acceptors (Lipinski definition) is 3. The number of hydrogen-bond donors (Lipinski definition) is 1. The quantitative estimate of drug-likeness (QED) is 0.609. The SMILES string of the molecule is CCc1ccc(O)c(OC(=O)C2CC2)c1. The van der Waals surface area contributed by atoms with E-state index in [1.165, 1.54) is 0 Å². The van der Waals surface area contributed by atoms with Gasteiger partial charge in [0.15, 0.2) is 11.5 Å². The van der Waals surface area contributed by atoms with Gasteiger partial charge in [-0.1, -0.05) is 13.0 Å². The van der Waals surface area contributed by atoms with Crippen molar-refractivity contribution in [2.24, 2.45) is 5.92 Å². The second kappa shape index (κ2) is 3.93. The van der Waals surface area contributed by atoms with Crippen molar-refractivity contribution in [1.29, 1.82) is 0 Å². The molecule has 1 aliphatic carbocycles. The lowest BCUT2D eigenvalue weighted by Crippen LogP contribution is -2.10. The summed E-state index contributed by atoms with van der Waals surface area (Å²) in [5.74, 6) is 0.140. The maximum absolute atomic E-state index is 11.4. The van der Waals surface area contributed by atoms with Crippen molar-refractivity contribution in [3.8, 4) is 11.5 Å². The Morgan fingerprint density at radius 1 is 1.53 bits per heavy atom. The average Bonchev–Trinajstić information content (AvgIpc) is 3.04. The highest BCUT2D eigenvalue weighted by Gasteiger charge is 2.32. The molecule has 1 aromatic rings. The first-order valence-corrected chi connectivity index (χ1v) is 5.24. The Morgan fingerprint density at radius 3 is 2.87 bits per heavy atom. The first-order valence-electron chi connectivity index (χ1n) is 5.24. The lowest BCUT2D eigenvalue weighted by molar-refractivity contribution is -0.135. The fourth-order valence-corrected chi connectivity index (χ4v) is 1.37. The lowest BCUT2D eigenvalue weighted by Gasteiger charge is -2.07. The van der Waals surface area contributed by atoms with Gasteiger partial charge in [0.2, 0.25) is 0 Å². The summed E-state index contributed by atoms with van der Waals surface area (Å²) < 4.78 is 5.12. The van der Waals surface area contributed by atoms with Gasteiger partial charge >= 0.3 is 5.97 Å². The molecule has 2 rings (SSSR count). The van der Waals surface area contributed by atoms with Crippen LogP contribution in [0.1, 0.15) is 25.3 Å². The molecule has 1 N–H and O–H groups in total. The summed E-state index contributed by atoms with van der Waals surface area (Å²) in [6.45, 7) is 2.01. The fraction of sp³-hybridized carbons (Fsp3) is 0.417. The van der Waals surface area contributed by atoms with E-state index in [1.54, 1.807) is 12.1 Å². The highest BCUT2D eigenvalue weighted by atomic mass is 16.5. The molecule has 0 bridgehead atoms. The molecule has 0 atom stereocenters. The number of esters is 1. The second-order valence-corrected chi connectivity index (χ2v) is 3.85. The van der Waals surface area contributed by atoms with E-state index >= 15 is 0 Å². The minimum absolute atomic E-state index is 0.0289. The molecule has 0 radical (unpaired) electrons. The van der Waals surface area contributed by atoms with Crippen molar-refractivity contribution in [2.45, 2.75) is 26.2 Å². The normalized spacial score (nSPS) is 15.0. The Morgan fingerprint density at radius 2 is 2.27 bits per heavy atom. The molecular formula is C12H14O3. The van der Waals surface area contributed by atoms with Gasteiger partial charge in [-0.3, -0.25) is 4.79 Å². The zero-order valence-electron chi connectivity index (χ0n) is 8.69. The number of carbonyl (C=O) groups is 1. The summed E-state index contributed by atoms with van der Waals surface area (Å²) in [5.41, 5.74) is 1.05. The topological polar surface area (TPSA) is 46.5 Å². The van der Waals surface area contributed by atoms with Gasteiger partial charge in [0.1, 0.15) is 0 Å². The van der Waals surface area contributed by atoms with Crippen molar-refractivity contribution >= 4 is 5.97 Å². The lowest BCUT2D eigenvalue weighted by atomic mass is 10.1. The molecule has 0 aromatic heterocycles. The van der Waals surface area contributed by atoms with E-state index < -0.39 is 0 Å². The molecule has 1 aliphatic rings. The molecule has 0 unspecified atom stereocenters. The van der Waals surface area contributed by atoms with Crippen LogP contribution in [0.4, 0.5) is 0 Å². The van der Waals surface area contributed by atoms with Gasteiger partial charge in [-0.25, -0.2) is 0 Å². The van der Waals surface area contributed by atoms with Crippen LogP contribution in [0.5, 0.6) is 11.5 Å². The van der Waals surface area contributed by atoms with Crippen LogP contribution < -0.4 is 4.74 Å². The molecule has 3 nitrogen and oxygen atoms in total. The van der Waals surface area contributed by atoms with Gasteiger partial charge in [-0.05, 0) is 37.0 Å². The van der Waals surface area contributed by atoms with Crippen molar-refractivity contribution in [1.82, 2.24) is 0 Å². The van der Waals surface area contributed by atoms with Crippen LogP contribution in [-0.2, 0) is 11.2 Å². The standard InChI is InChI=1S/C12H14O3/c1-2-8-3-6-10(13)11(7-8)15-12(14)9-4-5-9/h3,6-7,9,13H,2,4-5H2,1H3. The first-order chi connectivity index (χ1) is 7.20. The molecule has 1 aromatic carbocycles. The number of aryl methyl sites for hydroxylation is 1. The molecule has 0 aliphatic heterocycles. The number of aromatic hydroxyl groups is 1. The number of phenols is 1. The Bertz CT molecular complexity index is 380. The number of ether oxygens (including phenoxy) is 1. The van der Waals surface area contributed by atoms with E-state index in [0.29, 0.717) is 0 Å². The van der Waals surface area contributed by atoms with Crippen molar-refractivity contribution in [2.75, 3.05) is 0 Å². The van der Waals surface area contributed by atoms with Gasteiger partial charge in [0, 0.05) is 0 Å². The smallest absolute Gasteiger partial charge is 0.314 e. The monoisotopic (exact) mass is 206 g/mol. The molecule has 0 spiro atoms. The maximum atomic E-state index is 11.4. The Balaban J connectivity index is 2.14. The van der Waals surface area contributed by atoms with E-state index in [2.05, 4.69) is 0 Å². The number of rotatable bonds is 3. The maximum Gasteiger partial charge on any atom is 0.314 e. The fourth-order valence-electron chi connectivity index (χ4n) is 1.37. The van der Waals surface area contributed by atoms with Gasteiger partial charge < -0.3 is 9.84 Å². The zero-order valence-corrected chi connectivity index (χ0v) is 8.69. The molecule has 80 valence electrons. The Hall–Kier alpha value is -1.51. The van der Waals surface area contributed by atoms with Crippen LogP contribution in [0.2, 0.25) is 0 Å². The Kier molecular flexibility index (Phi) is 2.62. The predicted molar refractivity (Wildman–Crippen MR) is 55.8 cm³/mol. The molecule has 1 saturated carbocycles. The number of carbonyl (C=O) groups excluding carboxylic acids is 1. The van der Waals surface area contributed by atoms with Crippen LogP contribution in [0.3, 0.4) is 0 Å². The largest absolute Gasteiger partial charge is 0.504 e. The summed E-state index contributed by atoms with van der Waals surface area (Å²) in [7, 11) is 0. The van der Waals surface area contributed by atoms with Crippen LogP contribution in [-0.4, -0.2) is 11.1 Å². The second-order valence-electron chi connectivity index (χ2n) is 3.85. The van der Waals surface area contributed by atoms with Gasteiger partial charge in [-0.2, -0.15) is 0 Å². The minimum atomic E-state index is -0.224. The first kappa shape index (κ1) is 10.0. The highest BCUT2D eigenvalue weighted by Crippen LogP contribution is 2.33. The Labute approximate surface area is 88.7 Å². The molecule has 0 amide bonds. The van der Waals surface area contributed by atoms with E-state index in [0.717, 1.165) is 24.8 Å². The van der Waals surface area contributed by atoms with Crippen LogP contribution in [0, 0.1) is 5.92 Å². The summed E-state index contributed by atoms with van der Waals surface area (Å²) in [6, 6.07) is 5.10. The molecule has 3 heteroatoms. The summed E-state index contributed by atoms with van der Waals surface area (Å²) in [6.07, 6.45) is 2.67. The van der Waals surface area contributed by atoms with Crippen LogP contribution >= 0.6 is 0 Å². The highest BCUT2D eigenvalue weighted by molar-refractivity contribution is 5.78. The van der Waals surface area contributed by atoms with Gasteiger partial charge in [-0.15, -0.1) is 0 Å². The third kappa shape index (κ3) is 2.29. The van der Waals surface area contributed by atoms with E-state index in [4.69, 9.17) is 4.74 Å².